The first-order valence-corrected chi connectivity index (χ1v) is 8.67. The minimum atomic E-state index is -0.0841. The minimum absolute atomic E-state index is 0.0578. The molecular formula is C18H19N3O2S. The lowest BCUT2D eigenvalue weighted by molar-refractivity contribution is 0.0941. The molecule has 3 aromatic rings. The molecule has 0 aromatic carbocycles. The largest absolute Gasteiger partial charge is 0.469 e. The molecule has 3 aromatic heterocycles. The van der Waals surface area contributed by atoms with Gasteiger partial charge in [-0.3, -0.25) is 9.78 Å². The van der Waals surface area contributed by atoms with Gasteiger partial charge in [0.1, 0.15) is 15.6 Å². The highest BCUT2D eigenvalue weighted by Crippen LogP contribution is 2.26. The van der Waals surface area contributed by atoms with Crippen LogP contribution in [-0.2, 0) is 6.42 Å². The molecule has 1 amide bonds. The van der Waals surface area contributed by atoms with Crippen LogP contribution in [0.3, 0.4) is 0 Å². The number of rotatable bonds is 6. The topological polar surface area (TPSA) is 68.0 Å². The zero-order valence-electron chi connectivity index (χ0n) is 13.7. The molecule has 5 nitrogen and oxygen atoms in total. The average Bonchev–Trinajstić information content (AvgIpc) is 3.23. The van der Waals surface area contributed by atoms with Gasteiger partial charge in [-0.2, -0.15) is 0 Å². The first-order chi connectivity index (χ1) is 11.6. The van der Waals surface area contributed by atoms with Crippen LogP contribution in [0.2, 0.25) is 0 Å². The van der Waals surface area contributed by atoms with E-state index in [9.17, 15) is 4.79 Å². The third-order valence-electron chi connectivity index (χ3n) is 3.67. The summed E-state index contributed by atoms with van der Waals surface area (Å²) in [6, 6.07) is 9.54. The number of pyridine rings is 1. The predicted octanol–water partition coefficient (Wildman–Crippen LogP) is 3.86. The fraction of sp³-hybridized carbons (Fsp3) is 0.278. The Morgan fingerprint density at radius 3 is 2.92 bits per heavy atom. The zero-order chi connectivity index (χ0) is 16.9. The Morgan fingerprint density at radius 1 is 1.33 bits per heavy atom. The second-order valence-electron chi connectivity index (χ2n) is 5.64. The maximum atomic E-state index is 12.5. The van der Waals surface area contributed by atoms with Crippen molar-refractivity contribution in [2.45, 2.75) is 32.7 Å². The van der Waals surface area contributed by atoms with Gasteiger partial charge in [0.05, 0.1) is 17.7 Å². The molecule has 0 bridgehead atoms. The number of aromatic nitrogens is 2. The Labute approximate surface area is 144 Å². The van der Waals surface area contributed by atoms with Crippen LogP contribution in [0, 0.1) is 6.92 Å². The number of furan rings is 1. The second kappa shape index (κ2) is 7.40. The molecule has 0 fully saturated rings. The van der Waals surface area contributed by atoms with Crippen LogP contribution in [0.15, 0.2) is 47.2 Å². The van der Waals surface area contributed by atoms with Crippen LogP contribution in [0.4, 0.5) is 0 Å². The molecule has 24 heavy (non-hydrogen) atoms. The van der Waals surface area contributed by atoms with E-state index in [0.717, 1.165) is 35.0 Å². The Kier molecular flexibility index (Phi) is 5.05. The third kappa shape index (κ3) is 3.89. The lowest BCUT2D eigenvalue weighted by Crippen LogP contribution is -2.32. The molecule has 0 aliphatic heterocycles. The van der Waals surface area contributed by atoms with Crippen LogP contribution < -0.4 is 5.32 Å². The maximum absolute atomic E-state index is 12.5. The molecule has 0 saturated heterocycles. The van der Waals surface area contributed by atoms with E-state index in [1.54, 1.807) is 12.5 Å². The van der Waals surface area contributed by atoms with Gasteiger partial charge in [0.15, 0.2) is 0 Å². The molecule has 3 rings (SSSR count). The van der Waals surface area contributed by atoms with Gasteiger partial charge < -0.3 is 9.73 Å². The van der Waals surface area contributed by atoms with Crippen molar-refractivity contribution >= 4 is 17.2 Å². The molecular weight excluding hydrogens is 322 g/mol. The lowest BCUT2D eigenvalue weighted by atomic mass is 10.1. The van der Waals surface area contributed by atoms with E-state index in [0.29, 0.717) is 4.88 Å². The van der Waals surface area contributed by atoms with Crippen LogP contribution in [-0.4, -0.2) is 21.9 Å². The van der Waals surface area contributed by atoms with Crippen LogP contribution in [0.5, 0.6) is 0 Å². The fourth-order valence-corrected chi connectivity index (χ4v) is 3.33. The van der Waals surface area contributed by atoms with Gasteiger partial charge >= 0.3 is 0 Å². The zero-order valence-corrected chi connectivity index (χ0v) is 14.5. The van der Waals surface area contributed by atoms with Crippen molar-refractivity contribution in [1.82, 2.24) is 15.3 Å². The van der Waals surface area contributed by atoms with Crippen LogP contribution in [0.1, 0.15) is 34.5 Å². The fourth-order valence-electron chi connectivity index (χ4n) is 2.38. The summed E-state index contributed by atoms with van der Waals surface area (Å²) in [4.78, 5) is 21.9. The number of amides is 1. The van der Waals surface area contributed by atoms with Crippen molar-refractivity contribution in [1.29, 1.82) is 0 Å². The van der Waals surface area contributed by atoms with E-state index < -0.39 is 0 Å². The lowest BCUT2D eigenvalue weighted by Gasteiger charge is -2.12. The van der Waals surface area contributed by atoms with Gasteiger partial charge in [-0.05, 0) is 44.5 Å². The minimum Gasteiger partial charge on any atom is -0.469 e. The van der Waals surface area contributed by atoms with Gasteiger partial charge in [-0.1, -0.05) is 6.07 Å². The molecule has 124 valence electrons. The summed E-state index contributed by atoms with van der Waals surface area (Å²) in [7, 11) is 0. The van der Waals surface area contributed by atoms with Gasteiger partial charge in [0.25, 0.3) is 5.91 Å². The summed E-state index contributed by atoms with van der Waals surface area (Å²) in [5.74, 6) is 0.849. The quantitative estimate of drug-likeness (QED) is 0.739. The van der Waals surface area contributed by atoms with Crippen molar-refractivity contribution in [3.63, 3.8) is 0 Å². The number of nitrogens with one attached hydrogen (secondary N) is 1. The molecule has 1 unspecified atom stereocenters. The first kappa shape index (κ1) is 16.4. The Morgan fingerprint density at radius 2 is 2.21 bits per heavy atom. The Balaban J connectivity index is 1.63. The van der Waals surface area contributed by atoms with Crippen LogP contribution >= 0.6 is 11.3 Å². The van der Waals surface area contributed by atoms with E-state index in [1.807, 2.05) is 44.2 Å². The number of hydrogen-bond acceptors (Lipinski definition) is 5. The number of nitrogens with zero attached hydrogens (tertiary/aromatic N) is 2. The summed E-state index contributed by atoms with van der Waals surface area (Å²) in [6.07, 6.45) is 5.01. The molecule has 0 radical (unpaired) electrons. The summed E-state index contributed by atoms with van der Waals surface area (Å²) in [5.41, 5.74) is 1.52. The molecule has 0 aliphatic carbocycles. The highest BCUT2D eigenvalue weighted by atomic mass is 32.1. The third-order valence-corrected chi connectivity index (χ3v) is 4.85. The summed E-state index contributed by atoms with van der Waals surface area (Å²) in [5, 5.41) is 3.80. The molecule has 0 aliphatic rings. The van der Waals surface area contributed by atoms with Gasteiger partial charge in [-0.25, -0.2) is 4.98 Å². The Bertz CT molecular complexity index is 797. The van der Waals surface area contributed by atoms with Gasteiger partial charge in [0.2, 0.25) is 0 Å². The molecule has 6 heteroatoms. The second-order valence-corrected chi connectivity index (χ2v) is 6.64. The maximum Gasteiger partial charge on any atom is 0.263 e. The standard InChI is InChI=1S/C18H19N3O2S/c1-12(8-9-14-6-5-11-23-14)20-17(22)16-13(2)21-18(24-16)15-7-3-4-10-19-15/h3-7,10-12H,8-9H2,1-2H3,(H,20,22). The van der Waals surface area contributed by atoms with Crippen molar-refractivity contribution in [3.8, 4) is 10.7 Å². The summed E-state index contributed by atoms with van der Waals surface area (Å²) < 4.78 is 5.32. The first-order valence-electron chi connectivity index (χ1n) is 7.85. The van der Waals surface area contributed by atoms with E-state index >= 15 is 0 Å². The van der Waals surface area contributed by atoms with E-state index in [4.69, 9.17) is 4.42 Å². The van der Waals surface area contributed by atoms with E-state index in [-0.39, 0.29) is 11.9 Å². The summed E-state index contributed by atoms with van der Waals surface area (Å²) in [6.45, 7) is 3.85. The monoisotopic (exact) mass is 341 g/mol. The van der Waals surface area contributed by atoms with E-state index in [1.165, 1.54) is 11.3 Å². The number of thiazole rings is 1. The number of aryl methyl sites for hydroxylation is 2. The van der Waals surface area contributed by atoms with Crippen molar-refractivity contribution < 1.29 is 9.21 Å². The van der Waals surface area contributed by atoms with Crippen molar-refractivity contribution in [2.75, 3.05) is 0 Å². The normalized spacial score (nSPS) is 12.1. The van der Waals surface area contributed by atoms with Crippen LogP contribution in [0.25, 0.3) is 10.7 Å². The summed E-state index contributed by atoms with van der Waals surface area (Å²) >= 11 is 1.37. The highest BCUT2D eigenvalue weighted by molar-refractivity contribution is 7.17. The molecule has 1 atom stereocenters. The van der Waals surface area contributed by atoms with Crippen molar-refractivity contribution in [2.24, 2.45) is 0 Å². The predicted molar refractivity (Wildman–Crippen MR) is 94.0 cm³/mol. The smallest absolute Gasteiger partial charge is 0.263 e. The molecule has 0 spiro atoms. The molecule has 1 N–H and O–H groups in total. The van der Waals surface area contributed by atoms with Gasteiger partial charge in [-0.15, -0.1) is 11.3 Å². The van der Waals surface area contributed by atoms with Gasteiger partial charge in [0, 0.05) is 18.7 Å². The molecule has 0 saturated carbocycles. The molecule has 3 heterocycles. The number of carbonyl (C=O) groups is 1. The number of hydrogen-bond donors (Lipinski definition) is 1. The average molecular weight is 341 g/mol. The SMILES string of the molecule is Cc1nc(-c2ccccn2)sc1C(=O)NC(C)CCc1ccco1. The highest BCUT2D eigenvalue weighted by Gasteiger charge is 2.18. The van der Waals surface area contributed by atoms with E-state index in [2.05, 4.69) is 15.3 Å². The Hall–Kier alpha value is -2.47. The van der Waals surface area contributed by atoms with Crippen molar-refractivity contribution in [3.05, 3.63) is 59.1 Å². The number of carbonyl (C=O) groups excluding carboxylic acids is 1.